The highest BCUT2D eigenvalue weighted by Gasteiger charge is 2.48. The Morgan fingerprint density at radius 3 is 2.05 bits per heavy atom. The molecule has 1 aliphatic heterocycles. The molecule has 1 saturated heterocycles. The number of pyridine rings is 1. The first-order valence-corrected chi connectivity index (χ1v) is 7.68. The zero-order valence-electron chi connectivity index (χ0n) is 12.3. The first-order valence-electron chi connectivity index (χ1n) is 7.68. The molecule has 1 aliphatic rings. The van der Waals surface area contributed by atoms with Crippen LogP contribution in [0.2, 0.25) is 0 Å². The van der Waals surface area contributed by atoms with Gasteiger partial charge in [0.05, 0.1) is 12.1 Å². The molecule has 2 aromatic carbocycles. The SMILES string of the molecule is c1ccc(CN2[C@@H](c3ccccc3)[C@@H]2c2cccnc2)cc1. The van der Waals surface area contributed by atoms with Crippen molar-refractivity contribution in [1.29, 1.82) is 0 Å². The third kappa shape index (κ3) is 2.53. The molecule has 1 unspecified atom stereocenters. The molecule has 2 heterocycles. The van der Waals surface area contributed by atoms with Crippen molar-refractivity contribution in [1.82, 2.24) is 9.88 Å². The minimum absolute atomic E-state index is 0.427. The molecule has 0 aliphatic carbocycles. The van der Waals surface area contributed by atoms with Gasteiger partial charge in [0.25, 0.3) is 0 Å². The Labute approximate surface area is 131 Å². The third-order valence-electron chi connectivity index (χ3n) is 4.30. The van der Waals surface area contributed by atoms with E-state index in [0.29, 0.717) is 12.1 Å². The summed E-state index contributed by atoms with van der Waals surface area (Å²) in [7, 11) is 0. The maximum absolute atomic E-state index is 4.29. The molecule has 0 saturated carbocycles. The van der Waals surface area contributed by atoms with Crippen LogP contribution in [0.15, 0.2) is 85.2 Å². The number of benzene rings is 2. The molecule has 2 nitrogen and oxygen atoms in total. The minimum Gasteiger partial charge on any atom is -0.281 e. The van der Waals surface area contributed by atoms with Gasteiger partial charge in [0.2, 0.25) is 0 Å². The Kier molecular flexibility index (Phi) is 3.45. The summed E-state index contributed by atoms with van der Waals surface area (Å²) in [5, 5.41) is 0. The molecule has 0 radical (unpaired) electrons. The molecule has 1 fully saturated rings. The fraction of sp³-hybridized carbons (Fsp3) is 0.150. The third-order valence-corrected chi connectivity index (χ3v) is 4.30. The van der Waals surface area contributed by atoms with Gasteiger partial charge in [0.15, 0.2) is 0 Å². The van der Waals surface area contributed by atoms with Crippen LogP contribution in [0.4, 0.5) is 0 Å². The van der Waals surface area contributed by atoms with E-state index in [-0.39, 0.29) is 0 Å². The van der Waals surface area contributed by atoms with Crippen LogP contribution < -0.4 is 0 Å². The lowest BCUT2D eigenvalue weighted by atomic mass is 10.1. The van der Waals surface area contributed by atoms with Gasteiger partial charge in [-0.25, -0.2) is 0 Å². The number of nitrogens with zero attached hydrogens (tertiary/aromatic N) is 2. The van der Waals surface area contributed by atoms with Crippen molar-refractivity contribution < 1.29 is 0 Å². The summed E-state index contributed by atoms with van der Waals surface area (Å²) >= 11 is 0. The van der Waals surface area contributed by atoms with E-state index < -0.39 is 0 Å². The van der Waals surface area contributed by atoms with E-state index in [1.54, 1.807) is 0 Å². The van der Waals surface area contributed by atoms with Gasteiger partial charge in [-0.05, 0) is 22.8 Å². The van der Waals surface area contributed by atoms with E-state index in [2.05, 4.69) is 76.6 Å². The predicted molar refractivity (Wildman–Crippen MR) is 88.1 cm³/mol. The number of hydrogen-bond acceptors (Lipinski definition) is 2. The number of aromatic nitrogens is 1. The van der Waals surface area contributed by atoms with Crippen molar-refractivity contribution >= 4 is 0 Å². The van der Waals surface area contributed by atoms with Gasteiger partial charge in [0, 0.05) is 18.9 Å². The maximum atomic E-state index is 4.29. The van der Waals surface area contributed by atoms with Gasteiger partial charge in [-0.1, -0.05) is 66.7 Å². The van der Waals surface area contributed by atoms with Crippen LogP contribution in [0.3, 0.4) is 0 Å². The van der Waals surface area contributed by atoms with Crippen LogP contribution in [-0.2, 0) is 6.54 Å². The van der Waals surface area contributed by atoms with Crippen molar-refractivity contribution in [2.45, 2.75) is 18.6 Å². The summed E-state index contributed by atoms with van der Waals surface area (Å²) in [6, 6.07) is 26.5. The summed E-state index contributed by atoms with van der Waals surface area (Å²) in [5.41, 5.74) is 4.04. The molecule has 22 heavy (non-hydrogen) atoms. The van der Waals surface area contributed by atoms with Gasteiger partial charge in [-0.3, -0.25) is 9.88 Å². The molecule has 3 aromatic rings. The monoisotopic (exact) mass is 286 g/mol. The average molecular weight is 286 g/mol. The Balaban J connectivity index is 1.63. The highest BCUT2D eigenvalue weighted by molar-refractivity contribution is 5.34. The standard InChI is InChI=1S/C20H18N2/c1-3-8-16(9-4-1)15-22-19(17-10-5-2-6-11-17)20(22)18-12-7-13-21-14-18/h1-14,19-20H,15H2/t19-,20-,22?/m0/s1. The van der Waals surface area contributed by atoms with Crippen LogP contribution in [0.1, 0.15) is 28.8 Å². The number of hydrogen-bond donors (Lipinski definition) is 0. The molecular formula is C20H18N2. The van der Waals surface area contributed by atoms with Crippen molar-refractivity contribution in [3.8, 4) is 0 Å². The van der Waals surface area contributed by atoms with Gasteiger partial charge in [-0.15, -0.1) is 0 Å². The van der Waals surface area contributed by atoms with Crippen molar-refractivity contribution in [3.63, 3.8) is 0 Å². The van der Waals surface area contributed by atoms with Gasteiger partial charge >= 0.3 is 0 Å². The van der Waals surface area contributed by atoms with E-state index in [1.807, 2.05) is 18.5 Å². The molecule has 1 aromatic heterocycles. The van der Waals surface area contributed by atoms with Crippen LogP contribution in [0.5, 0.6) is 0 Å². The lowest BCUT2D eigenvalue weighted by Gasteiger charge is -2.04. The maximum Gasteiger partial charge on any atom is 0.0571 e. The number of rotatable bonds is 4. The summed E-state index contributed by atoms with van der Waals surface area (Å²) in [5.74, 6) is 0. The lowest BCUT2D eigenvalue weighted by Crippen LogP contribution is -1.99. The van der Waals surface area contributed by atoms with E-state index in [9.17, 15) is 0 Å². The second-order valence-corrected chi connectivity index (χ2v) is 5.74. The Hall–Kier alpha value is -2.45. The van der Waals surface area contributed by atoms with Gasteiger partial charge in [-0.2, -0.15) is 0 Å². The van der Waals surface area contributed by atoms with Crippen LogP contribution >= 0.6 is 0 Å². The first kappa shape index (κ1) is 13.2. The van der Waals surface area contributed by atoms with Crippen molar-refractivity contribution in [2.75, 3.05) is 0 Å². The summed E-state index contributed by atoms with van der Waals surface area (Å²) < 4.78 is 0. The Morgan fingerprint density at radius 2 is 1.36 bits per heavy atom. The van der Waals surface area contributed by atoms with Crippen LogP contribution in [0.25, 0.3) is 0 Å². The summed E-state index contributed by atoms with van der Waals surface area (Å²) in [4.78, 5) is 6.82. The molecule has 0 N–H and O–H groups in total. The zero-order valence-corrected chi connectivity index (χ0v) is 12.3. The van der Waals surface area contributed by atoms with Crippen LogP contribution in [0, 0.1) is 0 Å². The molecular weight excluding hydrogens is 268 g/mol. The quantitative estimate of drug-likeness (QED) is 0.662. The van der Waals surface area contributed by atoms with E-state index in [1.165, 1.54) is 16.7 Å². The molecule has 4 rings (SSSR count). The highest BCUT2D eigenvalue weighted by atomic mass is 15.3. The smallest absolute Gasteiger partial charge is 0.0571 e. The largest absolute Gasteiger partial charge is 0.281 e. The van der Waals surface area contributed by atoms with Gasteiger partial charge in [0.1, 0.15) is 0 Å². The summed E-state index contributed by atoms with van der Waals surface area (Å²) in [6.07, 6.45) is 3.83. The topological polar surface area (TPSA) is 15.9 Å². The molecule has 0 spiro atoms. The molecule has 0 bridgehead atoms. The van der Waals surface area contributed by atoms with Crippen molar-refractivity contribution in [3.05, 3.63) is 102 Å². The van der Waals surface area contributed by atoms with Crippen molar-refractivity contribution in [2.24, 2.45) is 0 Å². The summed E-state index contributed by atoms with van der Waals surface area (Å²) in [6.45, 7) is 0.972. The fourth-order valence-corrected chi connectivity index (χ4v) is 3.22. The zero-order chi connectivity index (χ0) is 14.8. The fourth-order valence-electron chi connectivity index (χ4n) is 3.22. The molecule has 0 amide bonds. The van der Waals surface area contributed by atoms with Crippen LogP contribution in [-0.4, -0.2) is 9.88 Å². The van der Waals surface area contributed by atoms with Gasteiger partial charge < -0.3 is 0 Å². The Bertz CT molecular complexity index is 680. The second-order valence-electron chi connectivity index (χ2n) is 5.74. The molecule has 3 atom stereocenters. The lowest BCUT2D eigenvalue weighted by molar-refractivity contribution is 0.480. The van der Waals surface area contributed by atoms with E-state index in [4.69, 9.17) is 0 Å². The Morgan fingerprint density at radius 1 is 0.727 bits per heavy atom. The average Bonchev–Trinajstić information content (AvgIpc) is 3.31. The van der Waals surface area contributed by atoms with E-state index in [0.717, 1.165) is 6.54 Å². The normalized spacial score (nSPS) is 23.2. The molecule has 108 valence electrons. The molecule has 2 heteroatoms. The van der Waals surface area contributed by atoms with E-state index >= 15 is 0 Å². The minimum atomic E-state index is 0.427. The first-order chi connectivity index (χ1) is 10.9. The highest BCUT2D eigenvalue weighted by Crippen LogP contribution is 2.55. The second kappa shape index (κ2) is 5.74. The predicted octanol–water partition coefficient (Wildman–Crippen LogP) is 4.38.